The molecule has 0 radical (unpaired) electrons. The lowest BCUT2D eigenvalue weighted by Crippen LogP contribution is -2.51. The van der Waals surface area contributed by atoms with Gasteiger partial charge in [-0.15, -0.1) is 0 Å². The third-order valence-corrected chi connectivity index (χ3v) is 4.59. The van der Waals surface area contributed by atoms with Crippen molar-refractivity contribution in [1.29, 1.82) is 0 Å². The van der Waals surface area contributed by atoms with Crippen LogP contribution in [0.4, 0.5) is 0 Å². The van der Waals surface area contributed by atoms with Gasteiger partial charge in [0, 0.05) is 25.2 Å². The number of piperidine rings is 1. The van der Waals surface area contributed by atoms with Crippen LogP contribution in [0, 0.1) is 11.8 Å². The smallest absolute Gasteiger partial charge is 0.0198 e. The maximum Gasteiger partial charge on any atom is 0.0198 e. The molecule has 0 aromatic rings. The lowest BCUT2D eigenvalue weighted by Gasteiger charge is -2.39. The minimum Gasteiger partial charge on any atom is -0.312 e. The third kappa shape index (κ3) is 3.96. The number of nitrogens with zero attached hydrogens (tertiary/aromatic N) is 1. The standard InChI is InChI=1S/C15H30N2/c1-12(2)17-10-13(3)8-15(11-17)16-9-14-6-4-5-7-14/h12-16H,4-11H2,1-3H3. The quantitative estimate of drug-likeness (QED) is 0.810. The second-order valence-corrected chi connectivity index (χ2v) is 6.64. The predicted octanol–water partition coefficient (Wildman–Crippen LogP) is 2.89. The molecule has 100 valence electrons. The number of hydrogen-bond acceptors (Lipinski definition) is 2. The summed E-state index contributed by atoms with van der Waals surface area (Å²) in [6.07, 6.45) is 7.22. The van der Waals surface area contributed by atoms with E-state index in [4.69, 9.17) is 0 Å². The second kappa shape index (κ2) is 6.19. The van der Waals surface area contributed by atoms with Gasteiger partial charge in [0.2, 0.25) is 0 Å². The zero-order valence-corrected chi connectivity index (χ0v) is 11.9. The Bertz CT molecular complexity index is 221. The molecule has 17 heavy (non-hydrogen) atoms. The van der Waals surface area contributed by atoms with Crippen LogP contribution >= 0.6 is 0 Å². The van der Waals surface area contributed by atoms with Gasteiger partial charge >= 0.3 is 0 Å². The predicted molar refractivity (Wildman–Crippen MR) is 74.2 cm³/mol. The Morgan fingerprint density at radius 3 is 2.53 bits per heavy atom. The SMILES string of the molecule is CC1CC(NCC2CCCC2)CN(C(C)C)C1. The fourth-order valence-corrected chi connectivity index (χ4v) is 3.51. The number of rotatable bonds is 4. The third-order valence-electron chi connectivity index (χ3n) is 4.59. The highest BCUT2D eigenvalue weighted by Crippen LogP contribution is 2.25. The van der Waals surface area contributed by atoms with Crippen molar-refractivity contribution in [3.8, 4) is 0 Å². The molecular weight excluding hydrogens is 208 g/mol. The molecule has 1 aliphatic carbocycles. The van der Waals surface area contributed by atoms with Crippen molar-refractivity contribution in [3.05, 3.63) is 0 Å². The van der Waals surface area contributed by atoms with Crippen LogP contribution in [0.2, 0.25) is 0 Å². The molecule has 1 N–H and O–H groups in total. The Labute approximate surface area is 107 Å². The molecule has 0 aromatic carbocycles. The van der Waals surface area contributed by atoms with Crippen LogP contribution in [0.5, 0.6) is 0 Å². The van der Waals surface area contributed by atoms with Crippen molar-refractivity contribution < 1.29 is 0 Å². The van der Waals surface area contributed by atoms with Crippen molar-refractivity contribution in [1.82, 2.24) is 10.2 Å². The van der Waals surface area contributed by atoms with E-state index in [2.05, 4.69) is 31.0 Å². The Morgan fingerprint density at radius 2 is 1.88 bits per heavy atom. The lowest BCUT2D eigenvalue weighted by atomic mass is 9.94. The lowest BCUT2D eigenvalue weighted by molar-refractivity contribution is 0.117. The normalized spacial score (nSPS) is 32.5. The van der Waals surface area contributed by atoms with Gasteiger partial charge in [-0.25, -0.2) is 0 Å². The van der Waals surface area contributed by atoms with Crippen LogP contribution in [0.15, 0.2) is 0 Å². The van der Waals surface area contributed by atoms with Gasteiger partial charge in [0.15, 0.2) is 0 Å². The minimum absolute atomic E-state index is 0.702. The average molecular weight is 238 g/mol. The molecule has 2 nitrogen and oxygen atoms in total. The van der Waals surface area contributed by atoms with Gasteiger partial charge < -0.3 is 5.32 Å². The van der Waals surface area contributed by atoms with Gasteiger partial charge in [-0.3, -0.25) is 4.90 Å². The van der Waals surface area contributed by atoms with E-state index in [9.17, 15) is 0 Å². The zero-order chi connectivity index (χ0) is 12.3. The van der Waals surface area contributed by atoms with Crippen LogP contribution in [0.3, 0.4) is 0 Å². The van der Waals surface area contributed by atoms with E-state index in [1.807, 2.05) is 0 Å². The molecule has 1 saturated heterocycles. The molecule has 2 aliphatic rings. The molecule has 0 spiro atoms. The van der Waals surface area contributed by atoms with E-state index < -0.39 is 0 Å². The first-order valence-corrected chi connectivity index (χ1v) is 7.62. The summed E-state index contributed by atoms with van der Waals surface area (Å²) < 4.78 is 0. The highest BCUT2D eigenvalue weighted by molar-refractivity contribution is 4.84. The van der Waals surface area contributed by atoms with Crippen LogP contribution in [0.25, 0.3) is 0 Å². The first kappa shape index (κ1) is 13.4. The van der Waals surface area contributed by atoms with Gasteiger partial charge in [-0.1, -0.05) is 19.8 Å². The van der Waals surface area contributed by atoms with E-state index >= 15 is 0 Å². The fraction of sp³-hybridized carbons (Fsp3) is 1.00. The molecule has 1 saturated carbocycles. The van der Waals surface area contributed by atoms with Crippen molar-refractivity contribution in [2.45, 2.75) is 65.0 Å². The van der Waals surface area contributed by atoms with E-state index in [0.717, 1.165) is 17.9 Å². The summed E-state index contributed by atoms with van der Waals surface area (Å²) in [6.45, 7) is 10.9. The summed E-state index contributed by atoms with van der Waals surface area (Å²) in [6, 6.07) is 1.44. The van der Waals surface area contributed by atoms with Gasteiger partial charge in [0.25, 0.3) is 0 Å². The molecular formula is C15H30N2. The van der Waals surface area contributed by atoms with E-state index in [1.54, 1.807) is 0 Å². The summed E-state index contributed by atoms with van der Waals surface area (Å²) in [5.74, 6) is 1.83. The van der Waals surface area contributed by atoms with Gasteiger partial charge in [0.1, 0.15) is 0 Å². The van der Waals surface area contributed by atoms with Gasteiger partial charge in [-0.05, 0) is 51.5 Å². The minimum atomic E-state index is 0.702. The zero-order valence-electron chi connectivity index (χ0n) is 11.9. The van der Waals surface area contributed by atoms with Crippen molar-refractivity contribution in [2.75, 3.05) is 19.6 Å². The van der Waals surface area contributed by atoms with Crippen molar-refractivity contribution >= 4 is 0 Å². The largest absolute Gasteiger partial charge is 0.312 e. The molecule has 2 rings (SSSR count). The molecule has 0 aromatic heterocycles. The van der Waals surface area contributed by atoms with Crippen LogP contribution in [-0.2, 0) is 0 Å². The molecule has 0 bridgehead atoms. The molecule has 2 unspecified atom stereocenters. The number of nitrogens with one attached hydrogen (secondary N) is 1. The van der Waals surface area contributed by atoms with Crippen LogP contribution < -0.4 is 5.32 Å². The summed E-state index contributed by atoms with van der Waals surface area (Å²) in [5.41, 5.74) is 0. The maximum absolute atomic E-state index is 3.84. The number of hydrogen-bond donors (Lipinski definition) is 1. The van der Waals surface area contributed by atoms with Crippen molar-refractivity contribution in [2.24, 2.45) is 11.8 Å². The Hall–Kier alpha value is -0.0800. The Morgan fingerprint density at radius 1 is 1.18 bits per heavy atom. The summed E-state index contributed by atoms with van der Waals surface area (Å²) in [4.78, 5) is 2.64. The molecule has 2 atom stereocenters. The molecule has 2 heteroatoms. The van der Waals surface area contributed by atoms with Crippen LogP contribution in [0.1, 0.15) is 52.9 Å². The highest BCUT2D eigenvalue weighted by atomic mass is 15.2. The van der Waals surface area contributed by atoms with Gasteiger partial charge in [0.05, 0.1) is 0 Å². The highest BCUT2D eigenvalue weighted by Gasteiger charge is 2.26. The molecule has 1 heterocycles. The Balaban J connectivity index is 1.75. The fourth-order valence-electron chi connectivity index (χ4n) is 3.51. The van der Waals surface area contributed by atoms with E-state index in [-0.39, 0.29) is 0 Å². The summed E-state index contributed by atoms with van der Waals surface area (Å²) in [7, 11) is 0. The first-order chi connectivity index (χ1) is 8.15. The van der Waals surface area contributed by atoms with Crippen molar-refractivity contribution in [3.63, 3.8) is 0 Å². The molecule has 1 aliphatic heterocycles. The first-order valence-electron chi connectivity index (χ1n) is 7.62. The van der Waals surface area contributed by atoms with Crippen LogP contribution in [-0.4, -0.2) is 36.6 Å². The number of likely N-dealkylation sites (tertiary alicyclic amines) is 1. The monoisotopic (exact) mass is 238 g/mol. The van der Waals surface area contributed by atoms with E-state index in [1.165, 1.54) is 51.7 Å². The average Bonchev–Trinajstić information content (AvgIpc) is 2.78. The summed E-state index contributed by atoms with van der Waals surface area (Å²) >= 11 is 0. The maximum atomic E-state index is 3.84. The summed E-state index contributed by atoms with van der Waals surface area (Å²) in [5, 5.41) is 3.84. The van der Waals surface area contributed by atoms with Gasteiger partial charge in [-0.2, -0.15) is 0 Å². The molecule has 2 fully saturated rings. The topological polar surface area (TPSA) is 15.3 Å². The Kier molecular flexibility index (Phi) is 4.87. The second-order valence-electron chi connectivity index (χ2n) is 6.64. The molecule has 0 amide bonds. The van der Waals surface area contributed by atoms with E-state index in [0.29, 0.717) is 6.04 Å².